The number of methoxy groups -OCH3 is 1. The highest BCUT2D eigenvalue weighted by Crippen LogP contribution is 2.44. The number of likely N-dealkylation sites (tertiary alicyclic amines) is 1. The molecule has 2 bridgehead atoms. The van der Waals surface area contributed by atoms with Crippen molar-refractivity contribution in [2.24, 2.45) is 0 Å². The Hall–Kier alpha value is -2.81. The van der Waals surface area contributed by atoms with Gasteiger partial charge in [0.25, 0.3) is 0 Å². The number of carbonyl (C=O) groups is 2. The lowest BCUT2D eigenvalue weighted by atomic mass is 9.88. The average Bonchev–Trinajstić information content (AvgIpc) is 3.34. The smallest absolute Gasteiger partial charge is 0.336 e. The van der Waals surface area contributed by atoms with Gasteiger partial charge in [0.15, 0.2) is 0 Å². The fourth-order valence-corrected chi connectivity index (χ4v) is 4.69. The maximum Gasteiger partial charge on any atom is 0.336 e. The van der Waals surface area contributed by atoms with Gasteiger partial charge in [0.2, 0.25) is 0 Å². The summed E-state index contributed by atoms with van der Waals surface area (Å²) in [5.74, 6) is -0.378. The number of nitriles is 1. The van der Waals surface area contributed by atoms with Gasteiger partial charge in [0.1, 0.15) is 0 Å². The second kappa shape index (κ2) is 7.07. The molecule has 0 spiro atoms. The average molecular weight is 365 g/mol. The van der Waals surface area contributed by atoms with Crippen molar-refractivity contribution in [2.45, 2.75) is 44.2 Å². The van der Waals surface area contributed by atoms with E-state index in [1.807, 2.05) is 28.0 Å². The van der Waals surface area contributed by atoms with Crippen LogP contribution in [0, 0.1) is 11.3 Å². The lowest BCUT2D eigenvalue weighted by Crippen LogP contribution is -2.51. The van der Waals surface area contributed by atoms with Gasteiger partial charge in [0, 0.05) is 19.1 Å². The third-order valence-electron chi connectivity index (χ3n) is 5.94. The van der Waals surface area contributed by atoms with Crippen LogP contribution in [-0.2, 0) is 9.53 Å². The van der Waals surface area contributed by atoms with E-state index in [1.54, 1.807) is 6.07 Å². The number of hydrogen-bond donors (Lipinski definition) is 0. The van der Waals surface area contributed by atoms with Crippen LogP contribution in [0.1, 0.15) is 43.2 Å². The Morgan fingerprint density at radius 3 is 2.70 bits per heavy atom. The van der Waals surface area contributed by atoms with E-state index < -0.39 is 0 Å². The first-order valence-corrected chi connectivity index (χ1v) is 9.53. The summed E-state index contributed by atoms with van der Waals surface area (Å²) in [4.78, 5) is 29.6. The fourth-order valence-electron chi connectivity index (χ4n) is 4.69. The molecule has 4 rings (SSSR count). The summed E-state index contributed by atoms with van der Waals surface area (Å²) >= 11 is 0. The number of rotatable bonds is 2. The molecule has 3 heterocycles. The second-order valence-electron chi connectivity index (χ2n) is 7.41. The van der Waals surface area contributed by atoms with Crippen molar-refractivity contribution in [2.75, 3.05) is 20.2 Å². The van der Waals surface area contributed by atoms with Crippen molar-refractivity contribution in [3.63, 3.8) is 0 Å². The summed E-state index contributed by atoms with van der Waals surface area (Å²) in [5, 5.41) is 9.22. The molecule has 0 radical (unpaired) electrons. The van der Waals surface area contributed by atoms with Crippen molar-refractivity contribution < 1.29 is 14.3 Å². The zero-order valence-corrected chi connectivity index (χ0v) is 15.5. The van der Waals surface area contributed by atoms with Crippen molar-refractivity contribution >= 4 is 17.6 Å². The number of hydrogen-bond acceptors (Lipinski definition) is 4. The topological polar surface area (TPSA) is 73.6 Å². The minimum atomic E-state index is -0.378. The first-order valence-electron chi connectivity index (χ1n) is 9.53. The molecule has 2 fully saturated rings. The number of benzene rings is 1. The molecule has 27 heavy (non-hydrogen) atoms. The van der Waals surface area contributed by atoms with Crippen molar-refractivity contribution in [3.05, 3.63) is 41.0 Å². The summed E-state index contributed by atoms with van der Waals surface area (Å²) < 4.78 is 5.09. The molecule has 0 aliphatic carbocycles. The molecule has 2 amide bonds. The summed E-state index contributed by atoms with van der Waals surface area (Å²) in [5.41, 5.74) is 2.93. The van der Waals surface area contributed by atoms with Gasteiger partial charge in [-0.25, -0.2) is 9.59 Å². The largest absolute Gasteiger partial charge is 0.466 e. The minimum absolute atomic E-state index is 0.0474. The number of urea groups is 1. The molecule has 2 atom stereocenters. The van der Waals surface area contributed by atoms with Crippen LogP contribution in [0.25, 0.3) is 5.57 Å². The van der Waals surface area contributed by atoms with E-state index in [1.165, 1.54) is 7.11 Å². The molecule has 6 nitrogen and oxygen atoms in total. The van der Waals surface area contributed by atoms with Gasteiger partial charge in [-0.2, -0.15) is 5.26 Å². The van der Waals surface area contributed by atoms with Gasteiger partial charge >= 0.3 is 12.0 Å². The lowest BCUT2D eigenvalue weighted by Gasteiger charge is -2.39. The van der Waals surface area contributed by atoms with Crippen LogP contribution in [-0.4, -0.2) is 54.1 Å². The van der Waals surface area contributed by atoms with E-state index >= 15 is 0 Å². The van der Waals surface area contributed by atoms with Crippen LogP contribution < -0.4 is 0 Å². The Morgan fingerprint density at radius 1 is 1.22 bits per heavy atom. The van der Waals surface area contributed by atoms with Crippen LogP contribution in [0.4, 0.5) is 4.79 Å². The Balaban J connectivity index is 1.76. The van der Waals surface area contributed by atoms with E-state index in [2.05, 4.69) is 6.07 Å². The van der Waals surface area contributed by atoms with Gasteiger partial charge in [-0.15, -0.1) is 0 Å². The van der Waals surface area contributed by atoms with Gasteiger partial charge in [-0.05, 0) is 55.4 Å². The lowest BCUT2D eigenvalue weighted by molar-refractivity contribution is -0.136. The van der Waals surface area contributed by atoms with Gasteiger partial charge in [-0.1, -0.05) is 12.1 Å². The van der Waals surface area contributed by atoms with E-state index in [-0.39, 0.29) is 24.1 Å². The number of amides is 2. The normalized spacial score (nSPS) is 24.1. The molecule has 3 aliphatic heterocycles. The first-order chi connectivity index (χ1) is 13.1. The molecule has 1 aromatic rings. The van der Waals surface area contributed by atoms with Gasteiger partial charge < -0.3 is 14.5 Å². The highest BCUT2D eigenvalue weighted by molar-refractivity contribution is 6.01. The molecule has 2 saturated heterocycles. The zero-order valence-electron chi connectivity index (χ0n) is 15.5. The van der Waals surface area contributed by atoms with Crippen LogP contribution in [0.3, 0.4) is 0 Å². The maximum atomic E-state index is 13.1. The van der Waals surface area contributed by atoms with Crippen LogP contribution in [0.5, 0.6) is 0 Å². The monoisotopic (exact) mass is 365 g/mol. The molecular weight excluding hydrogens is 342 g/mol. The van der Waals surface area contributed by atoms with E-state index in [4.69, 9.17) is 4.74 Å². The van der Waals surface area contributed by atoms with E-state index in [9.17, 15) is 14.9 Å². The Morgan fingerprint density at radius 2 is 2.00 bits per heavy atom. The Labute approximate surface area is 159 Å². The summed E-state index contributed by atoms with van der Waals surface area (Å²) in [6.45, 7) is 1.59. The molecule has 6 heteroatoms. The van der Waals surface area contributed by atoms with E-state index in [0.717, 1.165) is 49.9 Å². The van der Waals surface area contributed by atoms with Crippen LogP contribution in [0.2, 0.25) is 0 Å². The Kier molecular flexibility index (Phi) is 4.61. The Bertz CT molecular complexity index is 848. The molecule has 140 valence electrons. The van der Waals surface area contributed by atoms with Crippen LogP contribution in [0.15, 0.2) is 29.8 Å². The predicted octanol–water partition coefficient (Wildman–Crippen LogP) is 2.94. The zero-order chi connectivity index (χ0) is 19.0. The molecule has 0 unspecified atom stereocenters. The number of fused-ring (bicyclic) bond motifs is 2. The molecule has 0 saturated carbocycles. The van der Waals surface area contributed by atoms with Crippen LogP contribution >= 0.6 is 0 Å². The molecule has 3 aliphatic rings. The van der Waals surface area contributed by atoms with Gasteiger partial charge in [0.05, 0.1) is 30.4 Å². The van der Waals surface area contributed by atoms with Crippen molar-refractivity contribution in [1.29, 1.82) is 5.26 Å². The molecule has 1 aromatic carbocycles. The third kappa shape index (κ3) is 2.97. The molecule has 0 N–H and O–H groups in total. The second-order valence-corrected chi connectivity index (χ2v) is 7.41. The van der Waals surface area contributed by atoms with Crippen molar-refractivity contribution in [1.82, 2.24) is 9.80 Å². The molecule has 0 aromatic heterocycles. The third-order valence-corrected chi connectivity index (χ3v) is 5.94. The maximum absolute atomic E-state index is 13.1. The van der Waals surface area contributed by atoms with E-state index in [0.29, 0.717) is 17.6 Å². The quantitative estimate of drug-likeness (QED) is 0.756. The first kappa shape index (κ1) is 17.6. The molecular formula is C21H23N3O3. The number of esters is 1. The number of nitrogens with zero attached hydrogens (tertiary/aromatic N) is 3. The fraction of sp³-hybridized carbons (Fsp3) is 0.476. The SMILES string of the molecule is COC(=O)C1=C(c2cccc(C#N)c2)C[C@@H]2CC[C@H]1N2C(=O)N1CCCC1. The summed E-state index contributed by atoms with van der Waals surface area (Å²) in [7, 11) is 1.38. The van der Waals surface area contributed by atoms with Crippen molar-refractivity contribution in [3.8, 4) is 6.07 Å². The standard InChI is InChI=1S/C21H23N3O3/c1-27-20(25)19-17(15-6-4-5-14(11-15)13-22)12-16-7-8-18(19)24(16)21(26)23-9-2-3-10-23/h4-6,11,16,18H,2-3,7-10,12H2,1H3/t16-,18+/m0/s1. The number of ether oxygens (including phenoxy) is 1. The number of carbonyl (C=O) groups excluding carboxylic acids is 2. The summed E-state index contributed by atoms with van der Waals surface area (Å²) in [6.07, 6.45) is 4.36. The minimum Gasteiger partial charge on any atom is -0.466 e. The highest BCUT2D eigenvalue weighted by Gasteiger charge is 2.47. The highest BCUT2D eigenvalue weighted by atomic mass is 16.5. The summed E-state index contributed by atoms with van der Waals surface area (Å²) in [6, 6.07) is 9.38. The predicted molar refractivity (Wildman–Crippen MR) is 99.6 cm³/mol. The van der Waals surface area contributed by atoms with Gasteiger partial charge in [-0.3, -0.25) is 0 Å².